The molecule has 1 aromatic rings. The molecule has 1 aliphatic heterocycles. The van der Waals surface area contributed by atoms with Gasteiger partial charge in [-0.05, 0) is 32.6 Å². The highest BCUT2D eigenvalue weighted by Crippen LogP contribution is 2.27. The van der Waals surface area contributed by atoms with Gasteiger partial charge in [-0.3, -0.25) is 0 Å². The van der Waals surface area contributed by atoms with Gasteiger partial charge in [-0.1, -0.05) is 11.2 Å². The van der Waals surface area contributed by atoms with E-state index in [1.54, 1.807) is 19.9 Å². The Hall–Kier alpha value is -1.18. The van der Waals surface area contributed by atoms with Crippen molar-refractivity contribution < 1.29 is 17.7 Å². The van der Waals surface area contributed by atoms with E-state index >= 15 is 0 Å². The quantitative estimate of drug-likeness (QED) is 0.592. The summed E-state index contributed by atoms with van der Waals surface area (Å²) in [7, 11) is -3.51. The summed E-state index contributed by atoms with van der Waals surface area (Å²) in [6, 6.07) is 0. The van der Waals surface area contributed by atoms with Crippen molar-refractivity contribution in [1.82, 2.24) is 9.46 Å². The zero-order valence-electron chi connectivity index (χ0n) is 12.5. The van der Waals surface area contributed by atoms with Crippen LogP contribution < -0.4 is 0 Å². The lowest BCUT2D eigenvalue weighted by Gasteiger charge is -2.30. The first kappa shape index (κ1) is 16.2. The monoisotopic (exact) mass is 314 g/mol. The largest absolute Gasteiger partial charge is 0.377 e. The van der Waals surface area contributed by atoms with Crippen LogP contribution in [0, 0.1) is 19.8 Å². The first-order valence-corrected chi connectivity index (χ1v) is 8.52. The van der Waals surface area contributed by atoms with Crippen LogP contribution in [0.4, 0.5) is 0 Å². The third kappa shape index (κ3) is 3.53. The lowest BCUT2D eigenvalue weighted by Crippen LogP contribution is -2.39. The van der Waals surface area contributed by atoms with Crippen LogP contribution in [0.2, 0.25) is 0 Å². The maximum absolute atomic E-state index is 12.6. The smallest absolute Gasteiger partial charge is 0.248 e. The van der Waals surface area contributed by atoms with E-state index in [1.807, 2.05) is 0 Å². The lowest BCUT2D eigenvalue weighted by atomic mass is 9.99. The van der Waals surface area contributed by atoms with Gasteiger partial charge < -0.3 is 9.26 Å². The molecule has 1 aliphatic rings. The number of piperidine rings is 1. The molecule has 6 nitrogen and oxygen atoms in total. The number of hydrogen-bond acceptors (Lipinski definition) is 5. The minimum absolute atomic E-state index is 0.212. The van der Waals surface area contributed by atoms with Crippen LogP contribution in [0.1, 0.15) is 24.3 Å². The highest BCUT2D eigenvalue weighted by Gasteiger charge is 2.33. The molecule has 2 rings (SSSR count). The normalized spacial score (nSPS) is 18.0. The van der Waals surface area contributed by atoms with Crippen molar-refractivity contribution in [2.45, 2.75) is 31.6 Å². The summed E-state index contributed by atoms with van der Waals surface area (Å²) in [4.78, 5) is 0.212. The molecule has 0 spiro atoms. The van der Waals surface area contributed by atoms with Crippen LogP contribution in [-0.4, -0.2) is 44.2 Å². The summed E-state index contributed by atoms with van der Waals surface area (Å²) in [5.74, 6) is 0.755. The molecule has 1 aromatic heterocycles. The molecule has 118 valence electrons. The fraction of sp³-hybridized carbons (Fsp3) is 0.643. The molecule has 0 bridgehead atoms. The van der Waals surface area contributed by atoms with E-state index in [4.69, 9.17) is 9.26 Å². The van der Waals surface area contributed by atoms with Crippen LogP contribution in [0.3, 0.4) is 0 Å². The molecule has 0 radical (unpaired) electrons. The van der Waals surface area contributed by atoms with Gasteiger partial charge in [-0.15, -0.1) is 6.58 Å². The molecular weight excluding hydrogens is 292 g/mol. The molecule has 0 unspecified atom stereocenters. The topological polar surface area (TPSA) is 72.6 Å². The van der Waals surface area contributed by atoms with E-state index in [1.165, 1.54) is 4.31 Å². The van der Waals surface area contributed by atoms with Crippen molar-refractivity contribution in [3.63, 3.8) is 0 Å². The summed E-state index contributed by atoms with van der Waals surface area (Å²) in [5.41, 5.74) is 0.420. The van der Waals surface area contributed by atoms with Gasteiger partial charge in [-0.25, -0.2) is 8.42 Å². The molecule has 21 heavy (non-hydrogen) atoms. The second-order valence-electron chi connectivity index (χ2n) is 5.33. The zero-order chi connectivity index (χ0) is 15.5. The van der Waals surface area contributed by atoms with E-state index in [9.17, 15) is 8.42 Å². The number of aromatic nitrogens is 1. The van der Waals surface area contributed by atoms with Gasteiger partial charge in [0.15, 0.2) is 5.76 Å². The Balaban J connectivity index is 2.00. The predicted molar refractivity (Wildman–Crippen MR) is 78.5 cm³/mol. The van der Waals surface area contributed by atoms with Gasteiger partial charge in [0.25, 0.3) is 0 Å². The molecule has 0 saturated carbocycles. The van der Waals surface area contributed by atoms with Gasteiger partial charge in [0, 0.05) is 19.7 Å². The predicted octanol–water partition coefficient (Wildman–Crippen LogP) is 1.89. The fourth-order valence-corrected chi connectivity index (χ4v) is 4.37. The Morgan fingerprint density at radius 2 is 2.10 bits per heavy atom. The molecule has 1 saturated heterocycles. The fourth-order valence-electron chi connectivity index (χ4n) is 2.61. The van der Waals surface area contributed by atoms with Crippen LogP contribution in [-0.2, 0) is 14.8 Å². The first-order valence-electron chi connectivity index (χ1n) is 7.08. The summed E-state index contributed by atoms with van der Waals surface area (Å²) in [5, 5.41) is 3.73. The Kier molecular flexibility index (Phi) is 5.18. The van der Waals surface area contributed by atoms with E-state index in [-0.39, 0.29) is 4.90 Å². The van der Waals surface area contributed by atoms with Crippen molar-refractivity contribution in [3.8, 4) is 0 Å². The van der Waals surface area contributed by atoms with Gasteiger partial charge in [-0.2, -0.15) is 4.31 Å². The Morgan fingerprint density at radius 1 is 1.43 bits per heavy atom. The average molecular weight is 314 g/mol. The molecule has 0 N–H and O–H groups in total. The second-order valence-corrected chi connectivity index (χ2v) is 7.20. The Labute approximate surface area is 125 Å². The van der Waals surface area contributed by atoms with Gasteiger partial charge >= 0.3 is 0 Å². The molecule has 0 amide bonds. The van der Waals surface area contributed by atoms with E-state index in [0.717, 1.165) is 12.8 Å². The molecule has 0 aliphatic carbocycles. The van der Waals surface area contributed by atoms with Crippen molar-refractivity contribution in [1.29, 1.82) is 0 Å². The minimum Gasteiger partial charge on any atom is -0.377 e. The van der Waals surface area contributed by atoms with E-state index in [0.29, 0.717) is 43.7 Å². The molecule has 1 fully saturated rings. The number of nitrogens with zero attached hydrogens (tertiary/aromatic N) is 2. The van der Waals surface area contributed by atoms with E-state index < -0.39 is 10.0 Å². The summed E-state index contributed by atoms with van der Waals surface area (Å²) in [6.45, 7) is 9.10. The third-order valence-corrected chi connectivity index (χ3v) is 5.87. The van der Waals surface area contributed by atoms with Crippen LogP contribution in [0.15, 0.2) is 22.1 Å². The summed E-state index contributed by atoms with van der Waals surface area (Å²) < 4.78 is 37.2. The summed E-state index contributed by atoms with van der Waals surface area (Å²) >= 11 is 0. The highest BCUT2D eigenvalue weighted by molar-refractivity contribution is 7.89. The molecule has 0 aromatic carbocycles. The van der Waals surface area contributed by atoms with Crippen molar-refractivity contribution in [2.75, 3.05) is 26.3 Å². The van der Waals surface area contributed by atoms with Crippen LogP contribution >= 0.6 is 0 Å². The first-order chi connectivity index (χ1) is 9.96. The molecular formula is C14H22N2O4S. The Bertz CT molecular complexity index is 567. The van der Waals surface area contributed by atoms with E-state index in [2.05, 4.69) is 11.7 Å². The number of aryl methyl sites for hydroxylation is 2. The van der Waals surface area contributed by atoms with Crippen LogP contribution in [0.5, 0.6) is 0 Å². The maximum atomic E-state index is 12.6. The maximum Gasteiger partial charge on any atom is 0.248 e. The van der Waals surface area contributed by atoms with Crippen molar-refractivity contribution >= 4 is 10.0 Å². The summed E-state index contributed by atoms with van der Waals surface area (Å²) in [6.07, 6.45) is 3.33. The molecule has 2 heterocycles. The van der Waals surface area contributed by atoms with Gasteiger partial charge in [0.2, 0.25) is 10.0 Å². The van der Waals surface area contributed by atoms with Crippen LogP contribution in [0.25, 0.3) is 0 Å². The SMILES string of the molecule is C=CCOCC1CCN(S(=O)(=O)c2c(C)noc2C)CC1. The third-order valence-electron chi connectivity index (χ3n) is 3.73. The zero-order valence-corrected chi connectivity index (χ0v) is 13.4. The molecule has 7 heteroatoms. The second kappa shape index (κ2) is 6.72. The number of hydrogen-bond donors (Lipinski definition) is 0. The minimum atomic E-state index is -3.51. The van der Waals surface area contributed by atoms with Gasteiger partial charge in [0.05, 0.1) is 6.61 Å². The standard InChI is InChI=1S/C14H22N2O4S/c1-4-9-19-10-13-5-7-16(8-6-13)21(17,18)14-11(2)15-20-12(14)3/h4,13H,1,5-10H2,2-3H3. The van der Waals surface area contributed by atoms with Crippen molar-refractivity contribution in [3.05, 3.63) is 24.1 Å². The number of sulfonamides is 1. The molecule has 0 atom stereocenters. The number of ether oxygens (including phenoxy) is 1. The number of rotatable bonds is 6. The lowest BCUT2D eigenvalue weighted by molar-refractivity contribution is 0.0982. The average Bonchev–Trinajstić information content (AvgIpc) is 2.79. The Morgan fingerprint density at radius 3 is 2.62 bits per heavy atom. The highest BCUT2D eigenvalue weighted by atomic mass is 32.2. The van der Waals surface area contributed by atoms with Crippen molar-refractivity contribution in [2.24, 2.45) is 5.92 Å². The van der Waals surface area contributed by atoms with Gasteiger partial charge in [0.1, 0.15) is 10.6 Å².